The van der Waals surface area contributed by atoms with Crippen LogP contribution in [0.2, 0.25) is 0 Å². The van der Waals surface area contributed by atoms with E-state index in [4.69, 9.17) is 21.3 Å². The second-order valence-electron chi connectivity index (χ2n) is 8.64. The summed E-state index contributed by atoms with van der Waals surface area (Å²) >= 11 is 0. The summed E-state index contributed by atoms with van der Waals surface area (Å²) < 4.78 is 51.4. The van der Waals surface area contributed by atoms with Gasteiger partial charge in [0.05, 0.1) is 16.5 Å². The zero-order valence-electron chi connectivity index (χ0n) is 22.0. The summed E-state index contributed by atoms with van der Waals surface area (Å²) in [5, 5.41) is 24.3. The van der Waals surface area contributed by atoms with E-state index in [1.807, 2.05) is 4.98 Å². The summed E-state index contributed by atoms with van der Waals surface area (Å²) in [5.74, 6) is -0.999. The molecule has 2 aromatic rings. The lowest BCUT2D eigenvalue weighted by atomic mass is 9.96. The lowest BCUT2D eigenvalue weighted by Gasteiger charge is -2.28. The number of aromatic nitrogens is 2. The molecule has 2 heterocycles. The maximum Gasteiger partial charge on any atom is 0.459 e. The first-order valence-electron chi connectivity index (χ1n) is 11.9. The molecule has 0 radical (unpaired) electrons. The van der Waals surface area contributed by atoms with Crippen molar-refractivity contribution >= 4 is 13.7 Å². The largest absolute Gasteiger partial charge is 0.468 e. The molecule has 36 heavy (non-hydrogen) atoms. The molecule has 4 N–H and O–H groups in total. The Bertz CT molecular complexity index is 1320. The van der Waals surface area contributed by atoms with E-state index in [0.717, 1.165) is 14.0 Å². The molecule has 0 aliphatic carbocycles. The van der Waals surface area contributed by atoms with Crippen LogP contribution in [0.4, 0.5) is 0 Å². The fraction of sp³-hybridized carbons (Fsp3) is 0.500. The van der Waals surface area contributed by atoms with Crippen molar-refractivity contribution in [3.05, 3.63) is 63.4 Å². The van der Waals surface area contributed by atoms with Gasteiger partial charge in [-0.05, 0) is 25.0 Å². The van der Waals surface area contributed by atoms with E-state index in [-0.39, 0.29) is 5.75 Å². The van der Waals surface area contributed by atoms with Gasteiger partial charge in [-0.1, -0.05) is 32.0 Å². The van der Waals surface area contributed by atoms with Gasteiger partial charge in [0.25, 0.3) is 5.56 Å². The summed E-state index contributed by atoms with van der Waals surface area (Å²) in [6.45, 7) is 3.80. The maximum atomic E-state index is 13.8. The van der Waals surface area contributed by atoms with Gasteiger partial charge in [-0.2, -0.15) is 5.09 Å². The molecule has 0 saturated carbocycles. The van der Waals surface area contributed by atoms with Crippen molar-refractivity contribution < 1.29 is 40.8 Å². The Morgan fingerprint density at radius 2 is 2.03 bits per heavy atom. The van der Waals surface area contributed by atoms with Gasteiger partial charge in [-0.15, -0.1) is 0 Å². The molecule has 1 aliphatic heterocycles. The fourth-order valence-electron chi connectivity index (χ4n) is 3.52. The molecule has 198 valence electrons. The van der Waals surface area contributed by atoms with Crippen molar-refractivity contribution in [2.45, 2.75) is 50.8 Å². The normalized spacial score (nSPS) is 27.1. The van der Waals surface area contributed by atoms with E-state index in [2.05, 4.69) is 5.09 Å². The number of aliphatic hydroxyl groups excluding tert-OH is 1. The van der Waals surface area contributed by atoms with Gasteiger partial charge in [-0.25, -0.2) is 9.36 Å². The third kappa shape index (κ3) is 6.12. The molecule has 1 fully saturated rings. The number of hydrogen-bond donors (Lipinski definition) is 4. The molecule has 2 unspecified atom stereocenters. The molecule has 14 heteroatoms. The molecular formula is C22H30N3O10P. The summed E-state index contributed by atoms with van der Waals surface area (Å²) in [4.78, 5) is 38.2. The lowest BCUT2D eigenvalue weighted by Crippen LogP contribution is -2.47. The number of carbonyl (C=O) groups is 1. The van der Waals surface area contributed by atoms with Crippen LogP contribution in [0.1, 0.15) is 29.7 Å². The van der Waals surface area contributed by atoms with Gasteiger partial charge in [-0.3, -0.25) is 23.7 Å². The molecule has 1 saturated heterocycles. The Morgan fingerprint density at radius 1 is 1.36 bits per heavy atom. The number of esters is 1. The number of ether oxygens (including phenoxy) is 2. The Hall–Kier alpha value is -2.80. The van der Waals surface area contributed by atoms with E-state index >= 15 is 0 Å². The number of methoxy groups -OCH3 is 1. The van der Waals surface area contributed by atoms with E-state index in [1.165, 1.54) is 12.1 Å². The average Bonchev–Trinajstić information content (AvgIpc) is 3.08. The number of aliphatic hydroxyl groups is 2. The van der Waals surface area contributed by atoms with Crippen LogP contribution in [-0.2, 0) is 23.4 Å². The monoisotopic (exact) mass is 529 g/mol. The second-order valence-corrected chi connectivity index (χ2v) is 10.3. The minimum absolute atomic E-state index is 0.134. The van der Waals surface area contributed by atoms with E-state index in [1.54, 1.807) is 32.0 Å². The number of nitrogens with zero attached hydrogens (tertiary/aromatic N) is 1. The van der Waals surface area contributed by atoms with Gasteiger partial charge in [0.1, 0.15) is 29.6 Å². The number of aromatic amines is 1. The van der Waals surface area contributed by atoms with Crippen molar-refractivity contribution in [3.8, 4) is 5.75 Å². The number of para-hydroxylation sites is 1. The summed E-state index contributed by atoms with van der Waals surface area (Å²) in [6.07, 6.45) is -5.73. The summed E-state index contributed by atoms with van der Waals surface area (Å²) in [7, 11) is -3.21. The Labute approximate surface area is 209 Å². The topological polar surface area (TPSA) is 178 Å². The minimum atomic E-state index is -4.37. The summed E-state index contributed by atoms with van der Waals surface area (Å²) in [5.41, 5.74) is -4.46. The Kier molecular flexibility index (Phi) is 7.65. The number of H-pyrrole nitrogens is 1. The van der Waals surface area contributed by atoms with Crippen LogP contribution < -0.4 is 20.9 Å². The van der Waals surface area contributed by atoms with Crippen LogP contribution in [0.3, 0.4) is 0 Å². The molecule has 3 rings (SSSR count). The van der Waals surface area contributed by atoms with Gasteiger partial charge in [0, 0.05) is 12.2 Å². The highest BCUT2D eigenvalue weighted by Gasteiger charge is 2.54. The summed E-state index contributed by atoms with van der Waals surface area (Å²) in [6, 6.07) is 5.96. The fourth-order valence-corrected chi connectivity index (χ4v) is 5.19. The highest BCUT2D eigenvalue weighted by molar-refractivity contribution is 7.52. The van der Waals surface area contributed by atoms with Gasteiger partial charge >= 0.3 is 19.4 Å². The predicted molar refractivity (Wildman–Crippen MR) is 126 cm³/mol. The first-order chi connectivity index (χ1) is 17.7. The predicted octanol–water partition coefficient (Wildman–Crippen LogP) is 0.537. The van der Waals surface area contributed by atoms with Crippen LogP contribution >= 0.6 is 7.75 Å². The van der Waals surface area contributed by atoms with Crippen LogP contribution in [0.15, 0.2) is 52.1 Å². The van der Waals surface area contributed by atoms with E-state index < -0.39 is 79.8 Å². The number of nitrogens with one attached hydrogen (secondary N) is 2. The maximum absolute atomic E-state index is 13.8. The van der Waals surface area contributed by atoms with Gasteiger partial charge in [0.15, 0.2) is 6.23 Å². The highest BCUT2D eigenvalue weighted by atomic mass is 31.2. The average molecular weight is 529 g/mol. The van der Waals surface area contributed by atoms with Crippen LogP contribution in [0.5, 0.6) is 5.75 Å². The smallest absolute Gasteiger partial charge is 0.459 e. The quantitative estimate of drug-likeness (QED) is 0.249. The van der Waals surface area contributed by atoms with Crippen molar-refractivity contribution in [1.82, 2.24) is 14.6 Å². The third-order valence-corrected chi connectivity index (χ3v) is 7.05. The minimum Gasteiger partial charge on any atom is -0.468 e. The van der Waals surface area contributed by atoms with Crippen molar-refractivity contribution in [2.75, 3.05) is 13.7 Å². The van der Waals surface area contributed by atoms with E-state index in [9.17, 15) is 29.2 Å². The zero-order valence-corrected chi connectivity index (χ0v) is 20.9. The van der Waals surface area contributed by atoms with Crippen molar-refractivity contribution in [1.29, 1.82) is 0 Å². The first-order valence-corrected chi connectivity index (χ1v) is 12.5. The molecule has 0 spiro atoms. The molecule has 6 atom stereocenters. The van der Waals surface area contributed by atoms with Crippen LogP contribution in [0, 0.1) is 5.92 Å². The van der Waals surface area contributed by atoms with Crippen LogP contribution in [0.25, 0.3) is 0 Å². The van der Waals surface area contributed by atoms with E-state index in [0.29, 0.717) is 4.57 Å². The first kappa shape index (κ1) is 24.9. The third-order valence-electron chi connectivity index (χ3n) is 5.51. The number of carbonyl (C=O) groups excluding carboxylic acids is 1. The molecule has 1 aromatic heterocycles. The Morgan fingerprint density at radius 3 is 2.64 bits per heavy atom. The molecular weight excluding hydrogens is 497 g/mol. The molecule has 13 nitrogen and oxygen atoms in total. The zero-order chi connectivity index (χ0) is 28.4. The molecule has 1 aliphatic rings. The molecule has 0 bridgehead atoms. The van der Waals surface area contributed by atoms with Crippen LogP contribution in [-0.4, -0.2) is 63.3 Å². The number of benzene rings is 1. The standard InChI is InChI=1S/C22H30N3O10P/c1-13(2)17(19(28)32-4)24-36(31,35-14-8-6-5-7-9-14)33-12-15-18(27)22(3,30)20(34-15)25-11-10-16(26)23-21(25)29/h5-11,13,15,17-18,20,27,30H,12H2,1-4H3,(H,24,31)(H,23,26,29)/t15-,17?,18-,20-,22-,36?/m1/s1/i10D,11D. The SMILES string of the molecule is [2H]c1c([2H])n([C@@H]2O[C@H](COP(=O)(NC(C(=O)OC)C(C)C)Oc3ccccc3)[C@@H](O)[C@@]2(C)O)c(=O)[nH]c1=O. The van der Waals surface area contributed by atoms with Gasteiger partial charge in [0.2, 0.25) is 0 Å². The van der Waals surface area contributed by atoms with Crippen molar-refractivity contribution in [3.63, 3.8) is 0 Å². The highest BCUT2D eigenvalue weighted by Crippen LogP contribution is 2.47. The second kappa shape index (κ2) is 11.1. The molecule has 0 amide bonds. The number of hydrogen-bond acceptors (Lipinski definition) is 10. The Balaban J connectivity index is 1.90. The number of rotatable bonds is 10. The van der Waals surface area contributed by atoms with Gasteiger partial charge < -0.3 is 24.2 Å². The van der Waals surface area contributed by atoms with Crippen molar-refractivity contribution in [2.24, 2.45) is 5.92 Å². The molecule has 1 aromatic carbocycles. The lowest BCUT2D eigenvalue weighted by molar-refractivity contribution is -0.143.